The first-order valence-corrected chi connectivity index (χ1v) is 10.7. The SMILES string of the molecule is CCCCN(C1CCN(c2ncnc3c(Cl)cn(C)c23)CC1)S(N)(=O)=O. The van der Waals surface area contributed by atoms with E-state index in [2.05, 4.69) is 14.9 Å². The highest BCUT2D eigenvalue weighted by Gasteiger charge is 2.31. The van der Waals surface area contributed by atoms with E-state index in [1.807, 2.05) is 24.7 Å². The summed E-state index contributed by atoms with van der Waals surface area (Å²) in [7, 11) is -1.77. The quantitative estimate of drug-likeness (QED) is 0.798. The summed E-state index contributed by atoms with van der Waals surface area (Å²) < 4.78 is 27.3. The van der Waals surface area contributed by atoms with Crippen LogP contribution in [0.25, 0.3) is 11.0 Å². The number of fused-ring (bicyclic) bond motifs is 1. The van der Waals surface area contributed by atoms with Crippen LogP contribution in [0.1, 0.15) is 32.6 Å². The van der Waals surface area contributed by atoms with Crippen LogP contribution in [0.2, 0.25) is 5.02 Å². The van der Waals surface area contributed by atoms with Crippen LogP contribution in [0.5, 0.6) is 0 Å². The van der Waals surface area contributed by atoms with E-state index >= 15 is 0 Å². The number of aromatic nitrogens is 3. The smallest absolute Gasteiger partial charge is 0.277 e. The summed E-state index contributed by atoms with van der Waals surface area (Å²) in [6, 6.07) is -0.0675. The molecule has 2 N–H and O–H groups in total. The van der Waals surface area contributed by atoms with Crippen molar-refractivity contribution in [2.24, 2.45) is 12.2 Å². The highest BCUT2D eigenvalue weighted by Crippen LogP contribution is 2.31. The topological polar surface area (TPSA) is 97.3 Å². The Hall–Kier alpha value is -1.42. The highest BCUT2D eigenvalue weighted by molar-refractivity contribution is 7.86. The average Bonchev–Trinajstić information content (AvgIpc) is 2.89. The molecule has 3 rings (SSSR count). The zero-order valence-electron chi connectivity index (χ0n) is 15.1. The maximum absolute atomic E-state index is 12.0. The number of unbranched alkanes of at least 4 members (excludes halogenated alkanes) is 1. The van der Waals surface area contributed by atoms with Gasteiger partial charge in [-0.1, -0.05) is 24.9 Å². The van der Waals surface area contributed by atoms with Crippen molar-refractivity contribution in [1.82, 2.24) is 18.8 Å². The van der Waals surface area contributed by atoms with Crippen molar-refractivity contribution in [2.45, 2.75) is 38.6 Å². The molecule has 1 aliphatic rings. The van der Waals surface area contributed by atoms with E-state index in [4.69, 9.17) is 16.7 Å². The molecule has 0 spiro atoms. The Kier molecular flexibility index (Phi) is 5.71. The van der Waals surface area contributed by atoms with Crippen molar-refractivity contribution >= 4 is 38.7 Å². The molecule has 2 aromatic rings. The number of nitrogens with zero attached hydrogens (tertiary/aromatic N) is 5. The van der Waals surface area contributed by atoms with E-state index in [1.165, 1.54) is 10.6 Å². The van der Waals surface area contributed by atoms with Crippen LogP contribution in [0, 0.1) is 0 Å². The third-order valence-electron chi connectivity index (χ3n) is 4.92. The van der Waals surface area contributed by atoms with Gasteiger partial charge in [-0.2, -0.15) is 12.7 Å². The number of hydrogen-bond donors (Lipinski definition) is 1. The molecule has 8 nitrogen and oxygen atoms in total. The Morgan fingerprint density at radius 3 is 2.65 bits per heavy atom. The lowest BCUT2D eigenvalue weighted by atomic mass is 10.0. The number of nitrogens with two attached hydrogens (primary N) is 1. The van der Waals surface area contributed by atoms with Crippen LogP contribution in [-0.2, 0) is 17.3 Å². The van der Waals surface area contributed by atoms with Crippen LogP contribution in [0.15, 0.2) is 12.5 Å². The van der Waals surface area contributed by atoms with Gasteiger partial charge in [0.15, 0.2) is 5.82 Å². The molecule has 10 heteroatoms. The summed E-state index contributed by atoms with van der Waals surface area (Å²) in [6.45, 7) is 3.93. The van der Waals surface area contributed by atoms with Gasteiger partial charge in [0, 0.05) is 38.9 Å². The molecule has 0 bridgehead atoms. The molecule has 0 radical (unpaired) electrons. The molecule has 0 aromatic carbocycles. The summed E-state index contributed by atoms with van der Waals surface area (Å²) in [6.07, 6.45) is 6.51. The summed E-state index contributed by atoms with van der Waals surface area (Å²) >= 11 is 6.24. The molecular formula is C16H25ClN6O2S. The lowest BCUT2D eigenvalue weighted by Crippen LogP contribution is -2.50. The number of anilines is 1. The van der Waals surface area contributed by atoms with E-state index in [0.717, 1.165) is 29.7 Å². The third-order valence-corrected chi connectivity index (χ3v) is 6.33. The molecular weight excluding hydrogens is 376 g/mol. The normalized spacial score (nSPS) is 16.7. The van der Waals surface area contributed by atoms with Gasteiger partial charge in [-0.3, -0.25) is 0 Å². The Labute approximate surface area is 159 Å². The lowest BCUT2D eigenvalue weighted by Gasteiger charge is -2.37. The van der Waals surface area contributed by atoms with Gasteiger partial charge in [-0.05, 0) is 19.3 Å². The molecule has 0 saturated carbocycles. The summed E-state index contributed by atoms with van der Waals surface area (Å²) in [5.41, 5.74) is 1.63. The minimum Gasteiger partial charge on any atom is -0.355 e. The van der Waals surface area contributed by atoms with Gasteiger partial charge >= 0.3 is 0 Å². The van der Waals surface area contributed by atoms with E-state index in [0.29, 0.717) is 37.5 Å². The van der Waals surface area contributed by atoms with Gasteiger partial charge in [0.05, 0.1) is 5.02 Å². The summed E-state index contributed by atoms with van der Waals surface area (Å²) in [4.78, 5) is 10.9. The molecule has 26 heavy (non-hydrogen) atoms. The molecule has 0 unspecified atom stereocenters. The number of aryl methyl sites for hydroxylation is 1. The van der Waals surface area contributed by atoms with Crippen molar-refractivity contribution in [3.8, 4) is 0 Å². The Balaban J connectivity index is 1.78. The molecule has 1 saturated heterocycles. The maximum atomic E-state index is 12.0. The second kappa shape index (κ2) is 7.67. The van der Waals surface area contributed by atoms with E-state index in [9.17, 15) is 8.42 Å². The van der Waals surface area contributed by atoms with Gasteiger partial charge in [0.2, 0.25) is 0 Å². The Morgan fingerprint density at radius 1 is 1.35 bits per heavy atom. The number of piperidine rings is 1. The van der Waals surface area contributed by atoms with E-state index < -0.39 is 10.2 Å². The summed E-state index contributed by atoms with van der Waals surface area (Å²) in [5, 5.41) is 6.04. The monoisotopic (exact) mass is 400 g/mol. The van der Waals surface area contributed by atoms with Crippen LogP contribution >= 0.6 is 11.6 Å². The third kappa shape index (κ3) is 3.80. The highest BCUT2D eigenvalue weighted by atomic mass is 35.5. The van der Waals surface area contributed by atoms with Gasteiger partial charge in [0.25, 0.3) is 10.2 Å². The van der Waals surface area contributed by atoms with Crippen molar-refractivity contribution in [2.75, 3.05) is 24.5 Å². The second-order valence-electron chi connectivity index (χ2n) is 6.71. The van der Waals surface area contributed by atoms with Crippen molar-refractivity contribution in [3.05, 3.63) is 17.5 Å². The largest absolute Gasteiger partial charge is 0.355 e. The van der Waals surface area contributed by atoms with Gasteiger partial charge < -0.3 is 9.47 Å². The molecule has 1 fully saturated rings. The molecule has 0 atom stereocenters. The zero-order chi connectivity index (χ0) is 18.9. The first-order chi connectivity index (χ1) is 12.3. The number of rotatable bonds is 6. The van der Waals surface area contributed by atoms with Crippen LogP contribution in [0.4, 0.5) is 5.82 Å². The van der Waals surface area contributed by atoms with E-state index in [-0.39, 0.29) is 6.04 Å². The lowest BCUT2D eigenvalue weighted by molar-refractivity contribution is 0.271. The van der Waals surface area contributed by atoms with Gasteiger partial charge in [-0.15, -0.1) is 0 Å². The fourth-order valence-corrected chi connectivity index (χ4v) is 4.89. The number of halogens is 1. The molecule has 3 heterocycles. The minimum atomic E-state index is -3.69. The Bertz CT molecular complexity index is 876. The van der Waals surface area contributed by atoms with Crippen molar-refractivity contribution in [3.63, 3.8) is 0 Å². The molecule has 2 aromatic heterocycles. The summed E-state index contributed by atoms with van der Waals surface area (Å²) in [5.74, 6) is 0.832. The van der Waals surface area contributed by atoms with Crippen molar-refractivity contribution in [1.29, 1.82) is 0 Å². The standard InChI is InChI=1S/C16H25ClN6O2S/c1-3-4-7-23(26(18,24)25)12-5-8-22(9-6-12)16-15-14(19-11-20-16)13(17)10-21(15)2/h10-12H,3-9H2,1-2H3,(H2,18,24,25). The van der Waals surface area contributed by atoms with Gasteiger partial charge in [0.1, 0.15) is 17.4 Å². The maximum Gasteiger partial charge on any atom is 0.277 e. The fraction of sp³-hybridized carbons (Fsp3) is 0.625. The van der Waals surface area contributed by atoms with Crippen LogP contribution < -0.4 is 10.0 Å². The predicted octanol–water partition coefficient (Wildman–Crippen LogP) is 1.90. The first-order valence-electron chi connectivity index (χ1n) is 8.83. The predicted molar refractivity (Wildman–Crippen MR) is 103 cm³/mol. The van der Waals surface area contributed by atoms with Crippen LogP contribution in [0.3, 0.4) is 0 Å². The number of hydrogen-bond acceptors (Lipinski definition) is 5. The average molecular weight is 401 g/mol. The zero-order valence-corrected chi connectivity index (χ0v) is 16.7. The Morgan fingerprint density at radius 2 is 2.04 bits per heavy atom. The minimum absolute atomic E-state index is 0.0675. The van der Waals surface area contributed by atoms with Gasteiger partial charge in [-0.25, -0.2) is 15.1 Å². The molecule has 144 valence electrons. The van der Waals surface area contributed by atoms with E-state index in [1.54, 1.807) is 0 Å². The fourth-order valence-electron chi connectivity index (χ4n) is 3.59. The van der Waals surface area contributed by atoms with Crippen LogP contribution in [-0.4, -0.2) is 52.9 Å². The molecule has 0 amide bonds. The first kappa shape index (κ1) is 19.3. The second-order valence-corrected chi connectivity index (χ2v) is 8.62. The van der Waals surface area contributed by atoms with Crippen molar-refractivity contribution < 1.29 is 8.42 Å². The molecule has 1 aliphatic heterocycles. The molecule has 0 aliphatic carbocycles.